The number of alkyl halides is 2. The number of carboxylic acid groups (broad SMARTS) is 1. The summed E-state index contributed by atoms with van der Waals surface area (Å²) in [6, 6.07) is -1.03. The predicted octanol–water partition coefficient (Wildman–Crippen LogP) is 1.03. The van der Waals surface area contributed by atoms with Gasteiger partial charge in [0.05, 0.1) is 12.1 Å². The highest BCUT2D eigenvalue weighted by Gasteiger charge is 2.20. The number of carbonyl (C=O) groups excluding carboxylic acids is 1. The summed E-state index contributed by atoms with van der Waals surface area (Å²) < 4.78 is 25.7. The van der Waals surface area contributed by atoms with Crippen LogP contribution in [-0.4, -0.2) is 32.8 Å². The van der Waals surface area contributed by atoms with E-state index in [0.717, 1.165) is 0 Å². The normalized spacial score (nSPS) is 12.5. The fourth-order valence-corrected chi connectivity index (χ4v) is 1.66. The Labute approximate surface area is 108 Å². The molecule has 0 saturated carbocycles. The topological polar surface area (TPSA) is 84.2 Å². The molecule has 0 spiro atoms. The maximum Gasteiger partial charge on any atom is 0.333 e. The standard InChI is InChI=1S/C11H15F2N3O3/c1-5-8(7(3)16(15-5)11(12)13)4-9(17)14-6(2)10(18)19/h6,11H,4H2,1-3H3,(H,14,17)(H,18,19)/t6-/m1/s1. The molecule has 1 rings (SSSR count). The Hall–Kier alpha value is -1.99. The number of nitrogens with zero attached hydrogens (tertiary/aromatic N) is 2. The largest absolute Gasteiger partial charge is 0.480 e. The van der Waals surface area contributed by atoms with Gasteiger partial charge in [-0.05, 0) is 20.8 Å². The Morgan fingerprint density at radius 1 is 1.42 bits per heavy atom. The van der Waals surface area contributed by atoms with Gasteiger partial charge in [0.15, 0.2) is 0 Å². The number of halogens is 2. The van der Waals surface area contributed by atoms with Crippen LogP contribution in [0.4, 0.5) is 8.78 Å². The molecular weight excluding hydrogens is 260 g/mol. The summed E-state index contributed by atoms with van der Waals surface area (Å²) in [6.07, 6.45) is -0.179. The van der Waals surface area contributed by atoms with Gasteiger partial charge >= 0.3 is 12.5 Å². The zero-order chi connectivity index (χ0) is 14.7. The van der Waals surface area contributed by atoms with Crippen LogP contribution in [0, 0.1) is 13.8 Å². The second kappa shape index (κ2) is 5.77. The Kier molecular flexibility index (Phi) is 4.57. The van der Waals surface area contributed by atoms with Gasteiger partial charge in [-0.1, -0.05) is 0 Å². The number of nitrogens with one attached hydrogen (secondary N) is 1. The molecule has 0 fully saturated rings. The van der Waals surface area contributed by atoms with Gasteiger partial charge in [0, 0.05) is 11.3 Å². The summed E-state index contributed by atoms with van der Waals surface area (Å²) in [7, 11) is 0. The lowest BCUT2D eigenvalue weighted by Gasteiger charge is -2.09. The molecule has 1 aromatic heterocycles. The van der Waals surface area contributed by atoms with Crippen molar-refractivity contribution in [1.29, 1.82) is 0 Å². The molecule has 0 aliphatic carbocycles. The zero-order valence-electron chi connectivity index (χ0n) is 10.8. The number of carboxylic acids is 1. The molecule has 1 atom stereocenters. The van der Waals surface area contributed by atoms with E-state index in [1.165, 1.54) is 20.8 Å². The van der Waals surface area contributed by atoms with E-state index >= 15 is 0 Å². The molecule has 0 bridgehead atoms. The summed E-state index contributed by atoms with van der Waals surface area (Å²) in [4.78, 5) is 22.2. The molecular formula is C11H15F2N3O3. The van der Waals surface area contributed by atoms with E-state index in [9.17, 15) is 18.4 Å². The number of aryl methyl sites for hydroxylation is 1. The van der Waals surface area contributed by atoms with E-state index < -0.39 is 24.5 Å². The third kappa shape index (κ3) is 3.49. The molecule has 6 nitrogen and oxygen atoms in total. The summed E-state index contributed by atoms with van der Waals surface area (Å²) in [5, 5.41) is 14.6. The lowest BCUT2D eigenvalue weighted by Crippen LogP contribution is -2.39. The molecule has 0 radical (unpaired) electrons. The van der Waals surface area contributed by atoms with Crippen LogP contribution in [0.5, 0.6) is 0 Å². The van der Waals surface area contributed by atoms with Crippen molar-refractivity contribution in [3.8, 4) is 0 Å². The Morgan fingerprint density at radius 3 is 2.42 bits per heavy atom. The highest BCUT2D eigenvalue weighted by Crippen LogP contribution is 2.19. The molecule has 1 heterocycles. The van der Waals surface area contributed by atoms with E-state index in [4.69, 9.17) is 5.11 Å². The van der Waals surface area contributed by atoms with E-state index in [1.54, 1.807) is 0 Å². The van der Waals surface area contributed by atoms with Crippen LogP contribution in [0.3, 0.4) is 0 Å². The molecule has 8 heteroatoms. The average Bonchev–Trinajstić information content (AvgIpc) is 2.56. The van der Waals surface area contributed by atoms with Crippen molar-refractivity contribution in [2.24, 2.45) is 0 Å². The van der Waals surface area contributed by atoms with Crippen LogP contribution in [0.15, 0.2) is 0 Å². The number of rotatable bonds is 5. The quantitative estimate of drug-likeness (QED) is 0.840. The summed E-state index contributed by atoms with van der Waals surface area (Å²) in [5.41, 5.74) is 0.914. The molecule has 0 unspecified atom stereocenters. The smallest absolute Gasteiger partial charge is 0.333 e. The van der Waals surface area contributed by atoms with Crippen LogP contribution < -0.4 is 5.32 Å². The molecule has 2 N–H and O–H groups in total. The predicted molar refractivity (Wildman–Crippen MR) is 61.9 cm³/mol. The van der Waals surface area contributed by atoms with Gasteiger partial charge in [-0.15, -0.1) is 0 Å². The minimum absolute atomic E-state index is 0.179. The fraction of sp³-hybridized carbons (Fsp3) is 0.545. The van der Waals surface area contributed by atoms with Gasteiger partial charge < -0.3 is 10.4 Å². The summed E-state index contributed by atoms with van der Waals surface area (Å²) in [6.45, 7) is 1.51. The molecule has 0 aromatic carbocycles. The van der Waals surface area contributed by atoms with Gasteiger partial charge in [0.25, 0.3) is 0 Å². The van der Waals surface area contributed by atoms with E-state index in [-0.39, 0.29) is 12.1 Å². The van der Waals surface area contributed by atoms with Gasteiger partial charge in [-0.25, -0.2) is 4.68 Å². The Bertz CT molecular complexity index is 500. The number of hydrogen-bond acceptors (Lipinski definition) is 3. The first-order chi connectivity index (χ1) is 8.73. The summed E-state index contributed by atoms with van der Waals surface area (Å²) in [5.74, 6) is -1.71. The average molecular weight is 275 g/mol. The molecule has 0 saturated heterocycles. The van der Waals surface area contributed by atoms with Crippen molar-refractivity contribution in [3.05, 3.63) is 17.0 Å². The number of amides is 1. The molecule has 1 aromatic rings. The van der Waals surface area contributed by atoms with Crippen molar-refractivity contribution in [2.75, 3.05) is 0 Å². The van der Waals surface area contributed by atoms with Crippen LogP contribution in [-0.2, 0) is 16.0 Å². The third-order valence-electron chi connectivity index (χ3n) is 2.74. The Balaban J connectivity index is 2.83. The minimum Gasteiger partial charge on any atom is -0.480 e. The first-order valence-electron chi connectivity index (χ1n) is 5.59. The van der Waals surface area contributed by atoms with E-state index in [1.807, 2.05) is 0 Å². The highest BCUT2D eigenvalue weighted by molar-refractivity contribution is 5.84. The van der Waals surface area contributed by atoms with E-state index in [0.29, 0.717) is 15.9 Å². The number of carbonyl (C=O) groups is 2. The van der Waals surface area contributed by atoms with Crippen molar-refractivity contribution >= 4 is 11.9 Å². The van der Waals surface area contributed by atoms with Crippen LogP contribution in [0.1, 0.15) is 30.4 Å². The third-order valence-corrected chi connectivity index (χ3v) is 2.74. The van der Waals surface area contributed by atoms with Crippen molar-refractivity contribution in [2.45, 2.75) is 39.8 Å². The fourth-order valence-electron chi connectivity index (χ4n) is 1.66. The van der Waals surface area contributed by atoms with Gasteiger partial charge in [0.2, 0.25) is 5.91 Å². The van der Waals surface area contributed by atoms with Gasteiger partial charge in [-0.3, -0.25) is 9.59 Å². The van der Waals surface area contributed by atoms with Crippen LogP contribution >= 0.6 is 0 Å². The monoisotopic (exact) mass is 275 g/mol. The van der Waals surface area contributed by atoms with Crippen molar-refractivity contribution in [3.63, 3.8) is 0 Å². The van der Waals surface area contributed by atoms with Gasteiger partial charge in [0.1, 0.15) is 6.04 Å². The van der Waals surface area contributed by atoms with E-state index in [2.05, 4.69) is 10.4 Å². The first-order valence-corrected chi connectivity index (χ1v) is 5.59. The molecule has 106 valence electrons. The SMILES string of the molecule is Cc1nn(C(F)F)c(C)c1CC(=O)N[C@H](C)C(=O)O. The maximum absolute atomic E-state index is 12.6. The number of hydrogen-bond donors (Lipinski definition) is 2. The van der Waals surface area contributed by atoms with Crippen LogP contribution in [0.2, 0.25) is 0 Å². The summed E-state index contributed by atoms with van der Waals surface area (Å²) >= 11 is 0. The molecule has 1 amide bonds. The molecule has 0 aliphatic rings. The second-order valence-corrected chi connectivity index (χ2v) is 4.18. The van der Waals surface area contributed by atoms with Crippen molar-refractivity contribution in [1.82, 2.24) is 15.1 Å². The zero-order valence-corrected chi connectivity index (χ0v) is 10.8. The highest BCUT2D eigenvalue weighted by atomic mass is 19.3. The molecule has 0 aliphatic heterocycles. The first kappa shape index (κ1) is 15.1. The van der Waals surface area contributed by atoms with Gasteiger partial charge in [-0.2, -0.15) is 13.9 Å². The number of aliphatic carboxylic acids is 1. The minimum atomic E-state index is -2.77. The lowest BCUT2D eigenvalue weighted by molar-refractivity contribution is -0.141. The van der Waals surface area contributed by atoms with Crippen molar-refractivity contribution < 1.29 is 23.5 Å². The maximum atomic E-state index is 12.6. The van der Waals surface area contributed by atoms with Crippen LogP contribution in [0.25, 0.3) is 0 Å². The second-order valence-electron chi connectivity index (χ2n) is 4.18. The number of aromatic nitrogens is 2. The molecule has 19 heavy (non-hydrogen) atoms. The lowest BCUT2D eigenvalue weighted by atomic mass is 10.1. The Morgan fingerprint density at radius 2 is 2.00 bits per heavy atom.